The highest BCUT2D eigenvalue weighted by Crippen LogP contribution is 2.08. The van der Waals surface area contributed by atoms with E-state index >= 15 is 0 Å². The SMILES string of the molecule is NC(=O)NCCc1ccc(F)c(F)c1. The van der Waals surface area contributed by atoms with E-state index in [1.807, 2.05) is 0 Å². The maximum Gasteiger partial charge on any atom is 0.312 e. The van der Waals surface area contributed by atoms with E-state index in [1.165, 1.54) is 6.07 Å². The topological polar surface area (TPSA) is 55.1 Å². The van der Waals surface area contributed by atoms with Crippen molar-refractivity contribution in [3.05, 3.63) is 35.4 Å². The van der Waals surface area contributed by atoms with Crippen LogP contribution in [0.1, 0.15) is 5.56 Å². The fraction of sp³-hybridized carbons (Fsp3) is 0.222. The summed E-state index contributed by atoms with van der Waals surface area (Å²) < 4.78 is 25.2. The van der Waals surface area contributed by atoms with Gasteiger partial charge in [-0.15, -0.1) is 0 Å². The van der Waals surface area contributed by atoms with Crippen LogP contribution in [0, 0.1) is 11.6 Å². The van der Waals surface area contributed by atoms with Crippen molar-refractivity contribution < 1.29 is 13.6 Å². The summed E-state index contributed by atoms with van der Waals surface area (Å²) in [5.74, 6) is -1.77. The lowest BCUT2D eigenvalue weighted by atomic mass is 10.1. The molecular formula is C9H10F2N2O. The van der Waals surface area contributed by atoms with Crippen LogP contribution in [0.5, 0.6) is 0 Å². The zero-order valence-electron chi connectivity index (χ0n) is 7.39. The van der Waals surface area contributed by atoms with E-state index in [-0.39, 0.29) is 0 Å². The van der Waals surface area contributed by atoms with Gasteiger partial charge in [0.25, 0.3) is 0 Å². The Balaban J connectivity index is 2.51. The number of amides is 2. The third kappa shape index (κ3) is 3.01. The molecule has 1 aromatic carbocycles. The smallest absolute Gasteiger partial charge is 0.312 e. The van der Waals surface area contributed by atoms with Crippen LogP contribution < -0.4 is 11.1 Å². The van der Waals surface area contributed by atoms with Gasteiger partial charge in [-0.25, -0.2) is 13.6 Å². The molecule has 76 valence electrons. The van der Waals surface area contributed by atoms with Gasteiger partial charge in [0.15, 0.2) is 11.6 Å². The predicted molar refractivity (Wildman–Crippen MR) is 47.6 cm³/mol. The van der Waals surface area contributed by atoms with Crippen molar-refractivity contribution in [2.24, 2.45) is 5.73 Å². The first kappa shape index (κ1) is 10.4. The van der Waals surface area contributed by atoms with E-state index < -0.39 is 17.7 Å². The molecule has 0 fully saturated rings. The number of hydrogen-bond acceptors (Lipinski definition) is 1. The summed E-state index contributed by atoms with van der Waals surface area (Å²) in [5.41, 5.74) is 5.44. The van der Waals surface area contributed by atoms with Crippen molar-refractivity contribution in [3.8, 4) is 0 Å². The molecule has 0 aliphatic heterocycles. The Labute approximate surface area is 79.9 Å². The van der Waals surface area contributed by atoms with Crippen LogP contribution >= 0.6 is 0 Å². The Morgan fingerprint density at radius 1 is 1.36 bits per heavy atom. The van der Waals surface area contributed by atoms with E-state index in [4.69, 9.17) is 5.73 Å². The molecule has 0 aliphatic carbocycles. The molecule has 0 saturated heterocycles. The Morgan fingerprint density at radius 3 is 2.64 bits per heavy atom. The fourth-order valence-electron chi connectivity index (χ4n) is 1.03. The number of carbonyl (C=O) groups excluding carboxylic acids is 1. The minimum absolute atomic E-state index is 0.306. The zero-order valence-corrected chi connectivity index (χ0v) is 7.39. The average molecular weight is 200 g/mol. The lowest BCUT2D eigenvalue weighted by Crippen LogP contribution is -2.30. The molecule has 0 heterocycles. The van der Waals surface area contributed by atoms with Gasteiger partial charge in [0.2, 0.25) is 0 Å². The van der Waals surface area contributed by atoms with E-state index in [9.17, 15) is 13.6 Å². The summed E-state index contributed by atoms with van der Waals surface area (Å²) in [6.45, 7) is 0.306. The number of hydrogen-bond donors (Lipinski definition) is 2. The van der Waals surface area contributed by atoms with Gasteiger partial charge in [-0.3, -0.25) is 0 Å². The molecule has 0 unspecified atom stereocenters. The molecule has 0 radical (unpaired) electrons. The number of nitrogens with one attached hydrogen (secondary N) is 1. The summed E-state index contributed by atoms with van der Waals surface area (Å²) in [7, 11) is 0. The molecule has 0 bridgehead atoms. The number of halogens is 2. The zero-order chi connectivity index (χ0) is 10.6. The Morgan fingerprint density at radius 2 is 2.07 bits per heavy atom. The van der Waals surface area contributed by atoms with Crippen LogP contribution in [0.4, 0.5) is 13.6 Å². The largest absolute Gasteiger partial charge is 0.352 e. The minimum atomic E-state index is -0.887. The van der Waals surface area contributed by atoms with Crippen molar-refractivity contribution in [3.63, 3.8) is 0 Å². The van der Waals surface area contributed by atoms with Crippen molar-refractivity contribution in [1.82, 2.24) is 5.32 Å². The molecule has 3 N–H and O–H groups in total. The van der Waals surface area contributed by atoms with Crippen LogP contribution in [-0.4, -0.2) is 12.6 Å². The van der Waals surface area contributed by atoms with Gasteiger partial charge in [-0.2, -0.15) is 0 Å². The van der Waals surface area contributed by atoms with Gasteiger partial charge in [0, 0.05) is 6.54 Å². The van der Waals surface area contributed by atoms with Gasteiger partial charge in [-0.05, 0) is 24.1 Å². The highest BCUT2D eigenvalue weighted by molar-refractivity contribution is 5.71. The van der Waals surface area contributed by atoms with Gasteiger partial charge in [0.1, 0.15) is 0 Å². The molecule has 1 rings (SSSR count). The molecule has 2 amide bonds. The molecular weight excluding hydrogens is 190 g/mol. The highest BCUT2D eigenvalue weighted by atomic mass is 19.2. The molecule has 0 aromatic heterocycles. The van der Waals surface area contributed by atoms with Gasteiger partial charge < -0.3 is 11.1 Å². The highest BCUT2D eigenvalue weighted by Gasteiger charge is 2.02. The number of urea groups is 1. The number of rotatable bonds is 3. The Hall–Kier alpha value is -1.65. The van der Waals surface area contributed by atoms with Gasteiger partial charge in [-0.1, -0.05) is 6.07 Å². The standard InChI is InChI=1S/C9H10F2N2O/c10-7-2-1-6(5-8(7)11)3-4-13-9(12)14/h1-2,5H,3-4H2,(H3,12,13,14). The van der Waals surface area contributed by atoms with E-state index in [1.54, 1.807) is 0 Å². The summed E-state index contributed by atoms with van der Waals surface area (Å²) in [6.07, 6.45) is 0.417. The quantitative estimate of drug-likeness (QED) is 0.756. The van der Waals surface area contributed by atoms with Crippen molar-refractivity contribution in [2.45, 2.75) is 6.42 Å². The molecule has 0 spiro atoms. The van der Waals surface area contributed by atoms with Crippen LogP contribution in [-0.2, 0) is 6.42 Å². The first-order valence-electron chi connectivity index (χ1n) is 4.07. The second kappa shape index (κ2) is 4.55. The Kier molecular flexibility index (Phi) is 3.39. The van der Waals surface area contributed by atoms with Crippen LogP contribution in [0.2, 0.25) is 0 Å². The monoisotopic (exact) mass is 200 g/mol. The number of benzene rings is 1. The minimum Gasteiger partial charge on any atom is -0.352 e. The molecule has 0 aliphatic rings. The van der Waals surface area contributed by atoms with Crippen molar-refractivity contribution in [1.29, 1.82) is 0 Å². The van der Waals surface area contributed by atoms with Crippen molar-refractivity contribution in [2.75, 3.05) is 6.54 Å². The van der Waals surface area contributed by atoms with E-state index in [0.29, 0.717) is 18.5 Å². The average Bonchev–Trinajstić information content (AvgIpc) is 2.10. The summed E-state index contributed by atoms with van der Waals surface area (Å²) in [4.78, 5) is 10.3. The molecule has 1 aromatic rings. The third-order valence-electron chi connectivity index (χ3n) is 1.70. The van der Waals surface area contributed by atoms with Crippen LogP contribution in [0.25, 0.3) is 0 Å². The lowest BCUT2D eigenvalue weighted by molar-refractivity contribution is 0.249. The van der Waals surface area contributed by atoms with E-state index in [2.05, 4.69) is 5.32 Å². The second-order valence-electron chi connectivity index (χ2n) is 2.79. The van der Waals surface area contributed by atoms with Crippen LogP contribution in [0.15, 0.2) is 18.2 Å². The molecule has 3 nitrogen and oxygen atoms in total. The van der Waals surface area contributed by atoms with E-state index in [0.717, 1.165) is 12.1 Å². The molecule has 0 atom stereocenters. The Bertz CT molecular complexity index is 342. The fourth-order valence-corrected chi connectivity index (χ4v) is 1.03. The number of nitrogens with two attached hydrogens (primary N) is 1. The predicted octanol–water partition coefficient (Wildman–Crippen LogP) is 1.18. The van der Waals surface area contributed by atoms with Crippen LogP contribution in [0.3, 0.4) is 0 Å². The number of carbonyl (C=O) groups is 1. The summed E-state index contributed by atoms with van der Waals surface area (Å²) >= 11 is 0. The normalized spacial score (nSPS) is 9.86. The maximum atomic E-state index is 12.7. The maximum absolute atomic E-state index is 12.7. The van der Waals surface area contributed by atoms with Gasteiger partial charge >= 0.3 is 6.03 Å². The van der Waals surface area contributed by atoms with Crippen molar-refractivity contribution >= 4 is 6.03 Å². The molecule has 0 saturated carbocycles. The summed E-state index contributed by atoms with van der Waals surface area (Å²) in [5, 5.41) is 2.35. The van der Waals surface area contributed by atoms with Gasteiger partial charge in [0.05, 0.1) is 0 Å². The molecule has 5 heteroatoms. The first-order chi connectivity index (χ1) is 6.59. The summed E-state index contributed by atoms with van der Waals surface area (Å²) in [6, 6.07) is 2.97. The molecule has 14 heavy (non-hydrogen) atoms. The lowest BCUT2D eigenvalue weighted by Gasteiger charge is -2.02. The second-order valence-corrected chi connectivity index (χ2v) is 2.79. The number of primary amides is 1. The third-order valence-corrected chi connectivity index (χ3v) is 1.70. The first-order valence-corrected chi connectivity index (χ1v) is 4.07.